The number of hydrogen-bond acceptors (Lipinski definition) is 5. The van der Waals surface area contributed by atoms with Gasteiger partial charge in [0.1, 0.15) is 0 Å². The van der Waals surface area contributed by atoms with Gasteiger partial charge in [-0.05, 0) is 18.6 Å². The number of hydrogen-bond donors (Lipinski definition) is 1. The molecule has 2 aliphatic rings. The summed E-state index contributed by atoms with van der Waals surface area (Å²) in [6.07, 6.45) is 0.586. The Balaban J connectivity index is 1.71. The Kier molecular flexibility index (Phi) is 5.01. The Morgan fingerprint density at radius 2 is 1.85 bits per heavy atom. The molecule has 8 heteroatoms. The minimum absolute atomic E-state index is 0.126. The zero-order valence-corrected chi connectivity index (χ0v) is 14.8. The molecule has 2 aliphatic heterocycles. The largest absolute Gasteiger partial charge is 0.493 e. The lowest BCUT2D eigenvalue weighted by atomic mass is 10.1. The number of nitrogens with zero attached hydrogens (tertiary/aromatic N) is 2. The first-order chi connectivity index (χ1) is 12.4. The molecular weight excluding hydrogens is 340 g/mol. The van der Waals surface area contributed by atoms with Crippen LogP contribution in [0.1, 0.15) is 12.8 Å². The van der Waals surface area contributed by atoms with Crippen LogP contribution in [0.4, 0.5) is 5.69 Å². The van der Waals surface area contributed by atoms with Gasteiger partial charge in [-0.15, -0.1) is 0 Å². The zero-order valence-electron chi connectivity index (χ0n) is 14.8. The predicted molar refractivity (Wildman–Crippen MR) is 92.3 cm³/mol. The van der Waals surface area contributed by atoms with Crippen LogP contribution in [0.2, 0.25) is 0 Å². The lowest BCUT2D eigenvalue weighted by Gasteiger charge is -2.21. The molecule has 1 aromatic carbocycles. The summed E-state index contributed by atoms with van der Waals surface area (Å²) >= 11 is 0. The third kappa shape index (κ3) is 3.31. The highest BCUT2D eigenvalue weighted by Gasteiger charge is 2.40. The number of benzene rings is 1. The van der Waals surface area contributed by atoms with Crippen molar-refractivity contribution in [3.05, 3.63) is 18.2 Å². The lowest BCUT2D eigenvalue weighted by Crippen LogP contribution is -2.36. The molecule has 2 unspecified atom stereocenters. The molecule has 0 bridgehead atoms. The number of anilines is 1. The predicted octanol–water partition coefficient (Wildman–Crippen LogP) is 0.990. The Morgan fingerprint density at radius 1 is 1.12 bits per heavy atom. The van der Waals surface area contributed by atoms with E-state index in [4.69, 9.17) is 14.6 Å². The van der Waals surface area contributed by atoms with Gasteiger partial charge in [0, 0.05) is 37.8 Å². The van der Waals surface area contributed by atoms with Gasteiger partial charge in [0.05, 0.1) is 26.1 Å². The van der Waals surface area contributed by atoms with Crippen molar-refractivity contribution in [3.63, 3.8) is 0 Å². The number of carboxylic acids is 1. The van der Waals surface area contributed by atoms with Gasteiger partial charge in [-0.2, -0.15) is 0 Å². The first kappa shape index (κ1) is 18.0. The maximum Gasteiger partial charge on any atom is 0.308 e. The van der Waals surface area contributed by atoms with E-state index in [1.807, 2.05) is 0 Å². The van der Waals surface area contributed by atoms with Crippen LogP contribution in [-0.4, -0.2) is 61.6 Å². The topological polar surface area (TPSA) is 96.4 Å². The van der Waals surface area contributed by atoms with E-state index in [1.165, 1.54) is 14.2 Å². The Labute approximate surface area is 151 Å². The van der Waals surface area contributed by atoms with E-state index in [9.17, 15) is 14.4 Å². The maximum absolute atomic E-state index is 12.7. The van der Waals surface area contributed by atoms with Gasteiger partial charge in [-0.3, -0.25) is 14.4 Å². The summed E-state index contributed by atoms with van der Waals surface area (Å²) in [6, 6.07) is 5.18. The monoisotopic (exact) mass is 362 g/mol. The Morgan fingerprint density at radius 3 is 2.46 bits per heavy atom. The minimum atomic E-state index is -0.880. The molecule has 2 saturated heterocycles. The van der Waals surface area contributed by atoms with Crippen LogP contribution in [0.15, 0.2) is 18.2 Å². The highest BCUT2D eigenvalue weighted by atomic mass is 16.5. The van der Waals surface area contributed by atoms with E-state index < -0.39 is 17.8 Å². The Hall–Kier alpha value is -2.77. The van der Waals surface area contributed by atoms with E-state index >= 15 is 0 Å². The number of methoxy groups -OCH3 is 2. The molecule has 140 valence electrons. The van der Waals surface area contributed by atoms with Crippen LogP contribution in [0.5, 0.6) is 11.5 Å². The molecule has 1 aromatic rings. The summed E-state index contributed by atoms with van der Waals surface area (Å²) in [7, 11) is 3.06. The second-order valence-corrected chi connectivity index (χ2v) is 6.55. The first-order valence-corrected chi connectivity index (χ1v) is 8.48. The van der Waals surface area contributed by atoms with Crippen molar-refractivity contribution < 1.29 is 29.0 Å². The van der Waals surface area contributed by atoms with Crippen molar-refractivity contribution in [3.8, 4) is 11.5 Å². The normalized spacial score (nSPS) is 22.6. The molecule has 0 spiro atoms. The fourth-order valence-electron chi connectivity index (χ4n) is 3.54. The number of aliphatic carboxylic acids is 1. The van der Waals surface area contributed by atoms with Gasteiger partial charge in [0.15, 0.2) is 11.5 Å². The van der Waals surface area contributed by atoms with Crippen molar-refractivity contribution in [2.75, 3.05) is 38.8 Å². The number of carbonyl (C=O) groups is 3. The van der Waals surface area contributed by atoms with E-state index in [-0.39, 0.29) is 31.3 Å². The second kappa shape index (κ2) is 7.23. The molecular formula is C18H22N2O6. The summed E-state index contributed by atoms with van der Waals surface area (Å²) in [6.45, 7) is 0.924. The van der Waals surface area contributed by atoms with Crippen molar-refractivity contribution in [1.29, 1.82) is 0 Å². The highest BCUT2D eigenvalue weighted by molar-refractivity contribution is 6.00. The van der Waals surface area contributed by atoms with Crippen LogP contribution in [0.25, 0.3) is 0 Å². The molecule has 3 rings (SSSR count). The number of amides is 2. The van der Waals surface area contributed by atoms with Gasteiger partial charge in [-0.1, -0.05) is 0 Å². The first-order valence-electron chi connectivity index (χ1n) is 8.48. The molecule has 1 N–H and O–H groups in total. The van der Waals surface area contributed by atoms with Crippen LogP contribution >= 0.6 is 0 Å². The van der Waals surface area contributed by atoms with Crippen molar-refractivity contribution in [2.24, 2.45) is 11.8 Å². The molecule has 0 aliphatic carbocycles. The smallest absolute Gasteiger partial charge is 0.308 e. The summed E-state index contributed by atoms with van der Waals surface area (Å²) < 4.78 is 10.5. The van der Waals surface area contributed by atoms with Crippen LogP contribution in [0.3, 0.4) is 0 Å². The standard InChI is InChI=1S/C18H22N2O6/c1-25-14-4-3-13(8-15(14)26-2)20-10-12(7-16(20)21)17(22)19-6-5-11(9-19)18(23)24/h3-4,8,11-12H,5-7,9-10H2,1-2H3,(H,23,24). The summed E-state index contributed by atoms with van der Waals surface area (Å²) in [5, 5.41) is 9.08. The van der Waals surface area contributed by atoms with Crippen LogP contribution < -0.4 is 14.4 Å². The molecule has 2 fully saturated rings. The number of ether oxygens (including phenoxy) is 2. The SMILES string of the molecule is COc1ccc(N2CC(C(=O)N3CCC(C(=O)O)C3)CC2=O)cc1OC. The van der Waals surface area contributed by atoms with Gasteiger partial charge < -0.3 is 24.4 Å². The third-order valence-corrected chi connectivity index (χ3v) is 5.00. The van der Waals surface area contributed by atoms with Gasteiger partial charge >= 0.3 is 5.97 Å². The van der Waals surface area contributed by atoms with Crippen molar-refractivity contribution in [1.82, 2.24) is 4.90 Å². The van der Waals surface area contributed by atoms with Gasteiger partial charge in [-0.25, -0.2) is 0 Å². The summed E-state index contributed by atoms with van der Waals surface area (Å²) in [5.74, 6) is -1.06. The summed E-state index contributed by atoms with van der Waals surface area (Å²) in [4.78, 5) is 39.3. The van der Waals surface area contributed by atoms with E-state index in [1.54, 1.807) is 28.0 Å². The van der Waals surface area contributed by atoms with E-state index in [0.717, 1.165) is 0 Å². The van der Waals surface area contributed by atoms with Gasteiger partial charge in [0.2, 0.25) is 11.8 Å². The minimum Gasteiger partial charge on any atom is -0.493 e. The van der Waals surface area contributed by atoms with Crippen LogP contribution in [-0.2, 0) is 14.4 Å². The van der Waals surface area contributed by atoms with Crippen molar-refractivity contribution >= 4 is 23.5 Å². The molecule has 2 atom stereocenters. The number of rotatable bonds is 5. The Bertz CT molecular complexity index is 734. The lowest BCUT2D eigenvalue weighted by molar-refractivity contribution is -0.141. The number of likely N-dealkylation sites (tertiary alicyclic amines) is 1. The fraction of sp³-hybridized carbons (Fsp3) is 0.500. The van der Waals surface area contributed by atoms with Crippen molar-refractivity contribution in [2.45, 2.75) is 12.8 Å². The van der Waals surface area contributed by atoms with Gasteiger partial charge in [0.25, 0.3) is 0 Å². The van der Waals surface area contributed by atoms with E-state index in [0.29, 0.717) is 30.2 Å². The number of carboxylic acid groups (broad SMARTS) is 1. The fourth-order valence-corrected chi connectivity index (χ4v) is 3.54. The van der Waals surface area contributed by atoms with Crippen LogP contribution in [0, 0.1) is 11.8 Å². The number of carbonyl (C=O) groups excluding carboxylic acids is 2. The molecule has 0 saturated carbocycles. The van der Waals surface area contributed by atoms with E-state index in [2.05, 4.69) is 0 Å². The quantitative estimate of drug-likeness (QED) is 0.839. The average Bonchev–Trinajstić information content (AvgIpc) is 3.27. The average molecular weight is 362 g/mol. The molecule has 0 aromatic heterocycles. The third-order valence-electron chi connectivity index (χ3n) is 5.00. The zero-order chi connectivity index (χ0) is 18.8. The highest BCUT2D eigenvalue weighted by Crippen LogP contribution is 2.34. The molecule has 2 amide bonds. The molecule has 2 heterocycles. The molecule has 26 heavy (non-hydrogen) atoms. The summed E-state index contributed by atoms with van der Waals surface area (Å²) in [5.41, 5.74) is 0.646. The molecule has 0 radical (unpaired) electrons. The second-order valence-electron chi connectivity index (χ2n) is 6.55. The molecule has 8 nitrogen and oxygen atoms in total. The maximum atomic E-state index is 12.7.